The first-order valence-corrected chi connectivity index (χ1v) is 42.1. The quantitative estimate of drug-likeness (QED) is 0.104. The molecule has 16 rings (SSSR count). The number of hydrogen-bond donors (Lipinski definition) is 0. The zero-order valence-electron chi connectivity index (χ0n) is 77.9. The van der Waals surface area contributed by atoms with E-state index in [9.17, 15) is 0 Å². The first-order chi connectivity index (χ1) is 58.6. The molecule has 0 amide bonds. The van der Waals surface area contributed by atoms with E-state index in [0.29, 0.717) is 23.0 Å². The van der Waals surface area contributed by atoms with Gasteiger partial charge in [0, 0.05) is 149 Å². The Kier molecular flexibility index (Phi) is 32.6. The third kappa shape index (κ3) is 22.9. The molecule has 0 aliphatic carbocycles. The van der Waals surface area contributed by atoms with Crippen molar-refractivity contribution in [2.45, 2.75) is 213 Å². The molecule has 0 spiro atoms. The Balaban J connectivity index is 0.000000192. The van der Waals surface area contributed by atoms with Crippen molar-refractivity contribution in [3.8, 4) is 114 Å². The zero-order chi connectivity index (χ0) is 89.1. The Morgan fingerprint density at radius 1 is 0.242 bits per heavy atom. The fourth-order valence-corrected chi connectivity index (χ4v) is 14.5. The van der Waals surface area contributed by atoms with Crippen LogP contribution in [-0.4, -0.2) is 98.9 Å². The Morgan fingerprint density at radius 2 is 0.539 bits per heavy atom. The Hall–Kier alpha value is -10.8. The number of benzene rings is 8. The van der Waals surface area contributed by atoms with E-state index < -0.39 is 0 Å². The summed E-state index contributed by atoms with van der Waals surface area (Å²) in [6.07, 6.45) is 19.8. The average molecular weight is 2410 g/mol. The van der Waals surface area contributed by atoms with Crippen molar-refractivity contribution in [3.63, 3.8) is 0 Å². The molecular formula is C104H112Ir4N20-4. The molecule has 0 saturated carbocycles. The van der Waals surface area contributed by atoms with E-state index in [1.165, 1.54) is 27.8 Å². The number of aryl methyl sites for hydroxylation is 8. The minimum Gasteiger partial charge on any atom is -0.338 e. The smallest absolute Gasteiger partial charge is 0.160 e. The molecule has 0 fully saturated rings. The van der Waals surface area contributed by atoms with Crippen molar-refractivity contribution >= 4 is 0 Å². The molecule has 128 heavy (non-hydrogen) atoms. The van der Waals surface area contributed by atoms with Gasteiger partial charge in [-0.3, -0.25) is 0 Å². The second-order valence-electron chi connectivity index (χ2n) is 38.0. The average Bonchev–Trinajstić information content (AvgIpc) is 1.61. The zero-order valence-corrected chi connectivity index (χ0v) is 87.5. The van der Waals surface area contributed by atoms with E-state index in [4.69, 9.17) is 5.10 Å². The van der Waals surface area contributed by atoms with Crippen LogP contribution in [0.1, 0.15) is 204 Å². The number of rotatable bonds is 12. The van der Waals surface area contributed by atoms with Crippen LogP contribution in [0.15, 0.2) is 207 Å². The van der Waals surface area contributed by atoms with Gasteiger partial charge in [0.15, 0.2) is 17.5 Å². The Morgan fingerprint density at radius 3 is 0.891 bits per heavy atom. The van der Waals surface area contributed by atoms with Gasteiger partial charge in [0.1, 0.15) is 5.82 Å². The van der Waals surface area contributed by atoms with Crippen LogP contribution in [0.4, 0.5) is 0 Å². The van der Waals surface area contributed by atoms with Crippen molar-refractivity contribution in [2.24, 2.45) is 0 Å². The topological polar surface area (TPSA) is 226 Å². The van der Waals surface area contributed by atoms with Crippen LogP contribution in [-0.2, 0) is 113 Å². The van der Waals surface area contributed by atoms with Gasteiger partial charge in [0.2, 0.25) is 0 Å². The number of aromatic nitrogens is 20. The van der Waals surface area contributed by atoms with Crippen LogP contribution >= 0.6 is 0 Å². The summed E-state index contributed by atoms with van der Waals surface area (Å²) < 4.78 is 8.41. The van der Waals surface area contributed by atoms with Crippen molar-refractivity contribution in [2.75, 3.05) is 0 Å². The molecule has 0 aliphatic rings. The molecule has 4 radical (unpaired) electrons. The van der Waals surface area contributed by atoms with Crippen molar-refractivity contribution in [1.29, 1.82) is 0 Å². The van der Waals surface area contributed by atoms with Gasteiger partial charge in [-0.1, -0.05) is 329 Å². The van der Waals surface area contributed by atoms with Crippen molar-refractivity contribution < 1.29 is 80.4 Å². The molecule has 0 aliphatic heterocycles. The summed E-state index contributed by atoms with van der Waals surface area (Å²) in [7, 11) is 0. The minimum atomic E-state index is -0.161. The third-order valence-corrected chi connectivity index (χ3v) is 21.2. The molecule has 0 atom stereocenters. The minimum absolute atomic E-state index is 0. The van der Waals surface area contributed by atoms with Gasteiger partial charge < -0.3 is 58.1 Å². The molecule has 0 N–H and O–H groups in total. The van der Waals surface area contributed by atoms with Crippen LogP contribution < -0.4 is 0 Å². The SMILES string of the molecule is CC(C)(C)c1ccc(-n2c(-c3[c-]nc(C(C)(C)C)nc3)nnc2-c2ccccc2-c2ccccc2)cc1.Cc1cc(C)cc(-n2c(-c3[c-]nc(C(C)(C)C)nc3)nnc2-c2ccccc2C)c1.Cc1cccc(C)c1-n1c(-c2[c-]nc(C(C)(C)C)nc2)nnc1C(C)(C)C.Cc1ccccc1-c1nnc(-c2[c-]nc(C(C)(C)C)nc2)n1-c1c(C)cccc1C.[Ir].[Ir].[Ir].[Ir]. The van der Waals surface area contributed by atoms with Crippen molar-refractivity contribution in [1.82, 2.24) is 98.9 Å². The third-order valence-electron chi connectivity index (χ3n) is 21.2. The second-order valence-corrected chi connectivity index (χ2v) is 38.0. The van der Waals surface area contributed by atoms with Gasteiger partial charge >= 0.3 is 0 Å². The summed E-state index contributed by atoms with van der Waals surface area (Å²) in [6, 6.07) is 62.8. The summed E-state index contributed by atoms with van der Waals surface area (Å²) in [6.45, 7) is 55.0. The standard InChI is InChI=1S/C32H32N5.2C25H26N5.C22H28N5.4Ir/c1-31(2,3)24-16-18-25(19-17-24)37-28(23-20-33-30(34-21-23)32(4,5)6)35-36-29(37)27-15-11-10-14-26(27)22-12-8-7-9-13-22;1-16-10-7-8-13-20(16)23-29-28-22(19-14-26-24(27-15-19)25(4,5)6)30(23)21-17(2)11-9-12-18(21)3;1-16-11-17(2)13-20(12-16)30-22(19-14-26-24(27-15-19)25(4,5)6)28-29-23(30)21-10-8-7-9-18(21)3;1-14-10-9-11-15(2)17(14)27-18(25-26-20(27)22(6,7)8)16-12-23-19(24-13-16)21(3,4)5;;;;/h7-20H,1-6H3;2*7-14H,1-6H3;9-12H,1-8H3;;;;/q4*-1;;;;. The number of nitrogens with zero attached hydrogens (tertiary/aromatic N) is 20. The molecule has 668 valence electrons. The first-order valence-electron chi connectivity index (χ1n) is 42.1. The predicted octanol–water partition coefficient (Wildman–Crippen LogP) is 23.0. The van der Waals surface area contributed by atoms with Crippen LogP contribution in [0, 0.1) is 80.2 Å². The van der Waals surface area contributed by atoms with Gasteiger partial charge in [-0.2, -0.15) is 20.4 Å². The van der Waals surface area contributed by atoms with E-state index in [1.807, 2.05) is 36.4 Å². The molecule has 8 aromatic heterocycles. The molecule has 8 aromatic carbocycles. The maximum atomic E-state index is 4.71. The fourth-order valence-electron chi connectivity index (χ4n) is 14.5. The Bertz CT molecular complexity index is 6370. The molecular weight excluding hydrogens is 2300 g/mol. The summed E-state index contributed by atoms with van der Waals surface area (Å²) >= 11 is 0. The monoisotopic (exact) mass is 2410 g/mol. The molecule has 20 nitrogen and oxygen atoms in total. The first kappa shape index (κ1) is 101. The molecule has 8 heterocycles. The van der Waals surface area contributed by atoms with E-state index in [1.54, 1.807) is 24.8 Å². The van der Waals surface area contributed by atoms with Crippen LogP contribution in [0.2, 0.25) is 0 Å². The summed E-state index contributed by atoms with van der Waals surface area (Å²) in [4.78, 5) is 36.3. The van der Waals surface area contributed by atoms with Crippen LogP contribution in [0.25, 0.3) is 114 Å². The number of hydrogen-bond acceptors (Lipinski definition) is 16. The normalized spacial score (nSPS) is 11.6. The van der Waals surface area contributed by atoms with E-state index in [-0.39, 0.29) is 113 Å². The van der Waals surface area contributed by atoms with Gasteiger partial charge in [-0.05, 0) is 193 Å². The summed E-state index contributed by atoms with van der Waals surface area (Å²) in [5.74, 6) is 9.01. The number of para-hydroxylation sites is 2. The molecule has 0 unspecified atom stereocenters. The van der Waals surface area contributed by atoms with Crippen molar-refractivity contribution in [3.05, 3.63) is 311 Å². The largest absolute Gasteiger partial charge is 0.338 e. The summed E-state index contributed by atoms with van der Waals surface area (Å²) in [5, 5.41) is 36.6. The van der Waals surface area contributed by atoms with Gasteiger partial charge in [0.05, 0.1) is 23.3 Å². The second kappa shape index (κ2) is 41.3. The van der Waals surface area contributed by atoms with Gasteiger partial charge in [-0.15, -0.1) is 20.4 Å². The molecule has 0 saturated heterocycles. The molecule has 0 bridgehead atoms. The molecule has 16 aromatic rings. The van der Waals surface area contributed by atoms with Crippen LogP contribution in [0.5, 0.6) is 0 Å². The maximum absolute atomic E-state index is 4.71. The maximum Gasteiger partial charge on any atom is 0.160 e. The molecule has 24 heteroatoms. The summed E-state index contributed by atoms with van der Waals surface area (Å²) in [5.41, 5.74) is 22.3. The fraction of sp³-hybridized carbons (Fsp3) is 0.308. The van der Waals surface area contributed by atoms with Gasteiger partial charge in [0.25, 0.3) is 0 Å². The van der Waals surface area contributed by atoms with E-state index >= 15 is 0 Å². The van der Waals surface area contributed by atoms with Crippen LogP contribution in [0.3, 0.4) is 0 Å². The Labute approximate surface area is 809 Å². The van der Waals surface area contributed by atoms with E-state index in [2.05, 4.69) is 444 Å². The van der Waals surface area contributed by atoms with E-state index in [0.717, 1.165) is 142 Å². The van der Waals surface area contributed by atoms with Gasteiger partial charge in [-0.25, -0.2) is 0 Å². The predicted molar refractivity (Wildman–Crippen MR) is 497 cm³/mol.